The van der Waals surface area contributed by atoms with Crippen LogP contribution in [0.2, 0.25) is 0 Å². The van der Waals surface area contributed by atoms with Gasteiger partial charge in [-0.15, -0.1) is 0 Å². The number of hydrogen-bond acceptors (Lipinski definition) is 13. The predicted octanol–water partition coefficient (Wildman–Crippen LogP) is 1.80. The Morgan fingerprint density at radius 1 is 0.865 bits per heavy atom. The standard InChI is InChI=1S/C52H69N15O7/c1-29-42(30(2)63-44(62-29)33-11-14-35(15-12-33)52(4,5)6)47(70)65-38(18-19-53)49(72)67(9)43-34-13-17-41(74-25-23-61-51(56)58-8)37(28-34)36-26-32(10-16-40(36)73-24-22-60-50(55)57-7)27-39(46(69)59-21-20-54)66-45(68)31(3)64-48(43)71/h10-17,26,28,31,38-39,43H,18-19,21-25,27,53H2,1-9H3,(H,59,69)(H,64,71)(H,65,70)(H,66,68)(H3,55,57,60)(H3,56,58,61)/t31-,38-,39-,43-/m0/s1. The van der Waals surface area contributed by atoms with Gasteiger partial charge in [0.25, 0.3) is 5.91 Å². The van der Waals surface area contributed by atoms with Crippen molar-refractivity contribution in [3.63, 3.8) is 0 Å². The highest BCUT2D eigenvalue weighted by atomic mass is 16.5. The number of guanidine groups is 2. The van der Waals surface area contributed by atoms with Gasteiger partial charge in [0.2, 0.25) is 23.6 Å². The minimum Gasteiger partial charge on any atom is -0.491 e. The van der Waals surface area contributed by atoms with E-state index >= 15 is 0 Å². The van der Waals surface area contributed by atoms with Crippen LogP contribution in [-0.2, 0) is 31.0 Å². The van der Waals surface area contributed by atoms with Gasteiger partial charge in [-0.3, -0.25) is 34.8 Å². The molecule has 5 rings (SSSR count). The van der Waals surface area contributed by atoms with Gasteiger partial charge in [0.05, 0.1) is 36.1 Å². The molecule has 4 aromatic rings. The Labute approximate surface area is 431 Å². The molecule has 1 aliphatic heterocycles. The minimum absolute atomic E-state index is 0.0246. The number of fused-ring (bicyclic) bond motifs is 5. The van der Waals surface area contributed by atoms with Crippen LogP contribution in [0, 0.1) is 36.0 Å². The molecule has 1 aliphatic rings. The lowest BCUT2D eigenvalue weighted by atomic mass is 9.86. The van der Waals surface area contributed by atoms with Crippen LogP contribution >= 0.6 is 0 Å². The summed E-state index contributed by atoms with van der Waals surface area (Å²) in [5.41, 5.74) is 10.5. The summed E-state index contributed by atoms with van der Waals surface area (Å²) in [5.74, 6) is -2.22. The largest absolute Gasteiger partial charge is 0.491 e. The zero-order valence-electron chi connectivity index (χ0n) is 43.5. The fraction of sp³-hybridized carbons (Fsp3) is 0.423. The van der Waals surface area contributed by atoms with Gasteiger partial charge in [0, 0.05) is 44.3 Å². The topological polar surface area (TPSA) is 327 Å². The SMILES string of the molecule is CNC(=N)NCCOc1ccc2cc1-c1cc(ccc1OCCNC(=N)NC)[C@H](N(C)C(=O)[C@H](CCN)NC(=O)c1c(C)nc(-c3ccc(C(C)(C)C)cc3)nc1C)C(=O)N[C@@H](C)C(=O)N[C@H](C(=O)NCC#N)C2. The fourth-order valence-corrected chi connectivity index (χ4v) is 8.17. The van der Waals surface area contributed by atoms with Crippen LogP contribution in [0.1, 0.15) is 78.6 Å². The van der Waals surface area contributed by atoms with Gasteiger partial charge < -0.3 is 62.6 Å². The average Bonchev–Trinajstić information content (AvgIpc) is 3.37. The number of aromatic nitrogens is 2. The van der Waals surface area contributed by atoms with Crippen LogP contribution in [0.3, 0.4) is 0 Å². The third kappa shape index (κ3) is 14.7. The molecule has 0 unspecified atom stereocenters. The Kier molecular flexibility index (Phi) is 19.8. The molecule has 0 saturated heterocycles. The third-order valence-corrected chi connectivity index (χ3v) is 12.2. The van der Waals surface area contributed by atoms with E-state index in [1.807, 2.05) is 30.3 Å². The van der Waals surface area contributed by atoms with Crippen molar-refractivity contribution in [3.8, 4) is 40.1 Å². The Hall–Kier alpha value is -8.32. The highest BCUT2D eigenvalue weighted by Crippen LogP contribution is 2.40. The van der Waals surface area contributed by atoms with Gasteiger partial charge in [-0.25, -0.2) is 9.97 Å². The number of ether oxygens (including phenoxy) is 2. The van der Waals surface area contributed by atoms with Crippen molar-refractivity contribution < 1.29 is 33.4 Å². The molecule has 0 fully saturated rings. The summed E-state index contributed by atoms with van der Waals surface area (Å²) in [6.45, 7) is 11.4. The number of nitriles is 1. The van der Waals surface area contributed by atoms with E-state index in [9.17, 15) is 29.2 Å². The number of benzene rings is 3. The predicted molar refractivity (Wildman–Crippen MR) is 280 cm³/mol. The van der Waals surface area contributed by atoms with E-state index in [-0.39, 0.29) is 80.7 Å². The smallest absolute Gasteiger partial charge is 0.255 e. The zero-order valence-corrected chi connectivity index (χ0v) is 43.5. The molecule has 12 N–H and O–H groups in total. The first-order valence-corrected chi connectivity index (χ1v) is 24.2. The summed E-state index contributed by atoms with van der Waals surface area (Å²) in [6, 6.07) is 14.7. The number of rotatable bonds is 17. The number of carbonyl (C=O) groups excluding carboxylic acids is 5. The molecule has 74 heavy (non-hydrogen) atoms. The third-order valence-electron chi connectivity index (χ3n) is 12.2. The van der Waals surface area contributed by atoms with Gasteiger partial charge in [-0.1, -0.05) is 57.2 Å². The monoisotopic (exact) mass is 1020 g/mol. The van der Waals surface area contributed by atoms with Crippen molar-refractivity contribution in [3.05, 3.63) is 94.3 Å². The Morgan fingerprint density at radius 3 is 2.00 bits per heavy atom. The van der Waals surface area contributed by atoms with Crippen molar-refractivity contribution in [2.24, 2.45) is 5.73 Å². The number of nitrogens with two attached hydrogens (primary N) is 1. The van der Waals surface area contributed by atoms with Crippen LogP contribution in [0.25, 0.3) is 22.5 Å². The van der Waals surface area contributed by atoms with Crippen LogP contribution in [-0.4, -0.2) is 135 Å². The number of nitrogens with zero attached hydrogens (tertiary/aromatic N) is 4. The maximum atomic E-state index is 14.9. The van der Waals surface area contributed by atoms with E-state index in [4.69, 9.17) is 26.0 Å². The number of likely N-dealkylation sites (N-methyl/N-ethyl adjacent to an activating group) is 1. The molecule has 1 aromatic heterocycles. The first kappa shape index (κ1) is 56.6. The van der Waals surface area contributed by atoms with Crippen LogP contribution in [0.4, 0.5) is 0 Å². The van der Waals surface area contributed by atoms with Gasteiger partial charge in [-0.05, 0) is 80.1 Å². The average molecular weight is 1020 g/mol. The fourth-order valence-electron chi connectivity index (χ4n) is 8.17. The summed E-state index contributed by atoms with van der Waals surface area (Å²) >= 11 is 0. The number of hydrogen-bond donors (Lipinski definition) is 11. The van der Waals surface area contributed by atoms with Gasteiger partial charge >= 0.3 is 0 Å². The second-order valence-electron chi connectivity index (χ2n) is 18.6. The van der Waals surface area contributed by atoms with Crippen molar-refractivity contribution in [2.75, 3.05) is 60.5 Å². The highest BCUT2D eigenvalue weighted by molar-refractivity contribution is 6.00. The molecule has 22 nitrogen and oxygen atoms in total. The minimum atomic E-state index is -1.46. The van der Waals surface area contributed by atoms with E-state index < -0.39 is 53.7 Å². The molecular formula is C52H69N15O7. The molecule has 4 bridgehead atoms. The molecule has 5 amide bonds. The van der Waals surface area contributed by atoms with Crippen molar-refractivity contribution in [1.29, 1.82) is 16.1 Å². The molecule has 394 valence electrons. The van der Waals surface area contributed by atoms with Crippen LogP contribution in [0.5, 0.6) is 11.5 Å². The quantitative estimate of drug-likeness (QED) is 0.0311. The van der Waals surface area contributed by atoms with E-state index in [2.05, 4.69) is 73.3 Å². The second kappa shape index (κ2) is 25.9. The van der Waals surface area contributed by atoms with E-state index in [1.165, 1.54) is 18.9 Å². The summed E-state index contributed by atoms with van der Waals surface area (Å²) in [4.78, 5) is 81.9. The molecule has 4 atom stereocenters. The molecule has 22 heteroatoms. The summed E-state index contributed by atoms with van der Waals surface area (Å²) in [7, 11) is 4.61. The maximum Gasteiger partial charge on any atom is 0.255 e. The summed E-state index contributed by atoms with van der Waals surface area (Å²) < 4.78 is 12.6. The van der Waals surface area contributed by atoms with Gasteiger partial charge in [0.1, 0.15) is 55.4 Å². The number of carbonyl (C=O) groups is 5. The van der Waals surface area contributed by atoms with Gasteiger partial charge in [-0.2, -0.15) is 5.26 Å². The van der Waals surface area contributed by atoms with Crippen LogP contribution in [0.15, 0.2) is 60.7 Å². The van der Waals surface area contributed by atoms with E-state index in [0.29, 0.717) is 45.4 Å². The molecule has 0 radical (unpaired) electrons. The maximum absolute atomic E-state index is 14.9. The second-order valence-corrected chi connectivity index (χ2v) is 18.6. The van der Waals surface area contributed by atoms with Crippen molar-refractivity contribution in [2.45, 2.75) is 84.0 Å². The van der Waals surface area contributed by atoms with Gasteiger partial charge in [0.15, 0.2) is 17.7 Å². The molecule has 0 spiro atoms. The normalized spacial score (nSPS) is 15.8. The Balaban J connectivity index is 1.60. The first-order valence-electron chi connectivity index (χ1n) is 24.2. The number of amides is 5. The van der Waals surface area contributed by atoms with Crippen LogP contribution < -0.4 is 57.7 Å². The molecule has 2 heterocycles. The Morgan fingerprint density at radius 2 is 1.45 bits per heavy atom. The molecule has 3 aromatic carbocycles. The Bertz CT molecular complexity index is 2730. The number of nitrogens with one attached hydrogen (secondary N) is 10. The molecular weight excluding hydrogens is 947 g/mol. The molecule has 0 aliphatic carbocycles. The summed E-state index contributed by atoms with van der Waals surface area (Å²) in [5, 5.41) is 47.2. The highest BCUT2D eigenvalue weighted by Gasteiger charge is 2.36. The number of aryl methyl sites for hydroxylation is 2. The lowest BCUT2D eigenvalue weighted by Crippen LogP contribution is -2.56. The summed E-state index contributed by atoms with van der Waals surface area (Å²) in [6.07, 6.45) is -0.0691. The van der Waals surface area contributed by atoms with E-state index in [0.717, 1.165) is 11.1 Å². The van der Waals surface area contributed by atoms with Crippen molar-refractivity contribution in [1.82, 2.24) is 57.4 Å². The lowest BCUT2D eigenvalue weighted by molar-refractivity contribution is -0.141. The van der Waals surface area contributed by atoms with E-state index in [1.54, 1.807) is 64.3 Å². The lowest BCUT2D eigenvalue weighted by Gasteiger charge is -2.32. The molecule has 0 saturated carbocycles. The van der Waals surface area contributed by atoms with Crippen molar-refractivity contribution >= 4 is 41.5 Å². The first-order chi connectivity index (χ1) is 35.2. The zero-order chi connectivity index (χ0) is 54.3.